The number of ether oxygens (including phenoxy) is 2. The lowest BCUT2D eigenvalue weighted by atomic mass is 9.93. The lowest BCUT2D eigenvalue weighted by Gasteiger charge is -2.34. The number of carbonyl (C=O) groups is 1. The van der Waals surface area contributed by atoms with Crippen LogP contribution in [-0.4, -0.2) is 84.0 Å². The third kappa shape index (κ3) is 13.8. The van der Waals surface area contributed by atoms with Gasteiger partial charge in [0.25, 0.3) is 0 Å². The minimum absolute atomic E-state index is 0.0185. The van der Waals surface area contributed by atoms with E-state index in [0.29, 0.717) is 44.3 Å². The Morgan fingerprint density at radius 1 is 1.00 bits per heavy atom. The largest absolute Gasteiger partial charge is 0.380 e. The molecule has 0 aliphatic heterocycles. The number of nitrogens with one attached hydrogen (secondary N) is 1. The molecule has 1 unspecified atom stereocenters. The van der Waals surface area contributed by atoms with Crippen LogP contribution in [0.4, 0.5) is 0 Å². The average molecular weight is 477 g/mol. The number of rotatable bonds is 16. The van der Waals surface area contributed by atoms with E-state index >= 15 is 0 Å². The molecule has 0 saturated heterocycles. The highest BCUT2D eigenvalue weighted by molar-refractivity contribution is 8.00. The Balaban J connectivity index is 4.44. The van der Waals surface area contributed by atoms with Gasteiger partial charge in [-0.05, 0) is 69.0 Å². The molecule has 0 aliphatic carbocycles. The third-order valence-electron chi connectivity index (χ3n) is 5.93. The second kappa shape index (κ2) is 12.2. The Morgan fingerprint density at radius 3 is 2.03 bits per heavy atom. The SMILES string of the molecule is C=S(=O)(CC)CC(C)(C)COCC(C)(C)CNC(=O)CC(C)(C)OCCC(C)(C)N(C)C. The maximum Gasteiger partial charge on any atom is 0.222 e. The van der Waals surface area contributed by atoms with Gasteiger partial charge in [-0.25, -0.2) is 0 Å². The van der Waals surface area contributed by atoms with Gasteiger partial charge in [-0.3, -0.25) is 9.00 Å². The summed E-state index contributed by atoms with van der Waals surface area (Å²) in [7, 11) is 2.08. The van der Waals surface area contributed by atoms with Crippen molar-refractivity contribution in [2.75, 3.05) is 52.0 Å². The maximum atomic E-state index is 12.5. The molecular formula is C25H52N2O4S. The smallest absolute Gasteiger partial charge is 0.222 e. The fourth-order valence-corrected chi connectivity index (χ4v) is 4.86. The van der Waals surface area contributed by atoms with Crippen molar-refractivity contribution in [3.63, 3.8) is 0 Å². The highest BCUT2D eigenvalue weighted by Crippen LogP contribution is 2.23. The van der Waals surface area contributed by atoms with E-state index in [9.17, 15) is 9.00 Å². The molecule has 0 saturated carbocycles. The fourth-order valence-electron chi connectivity index (χ4n) is 3.15. The normalized spacial score (nSPS) is 15.6. The summed E-state index contributed by atoms with van der Waals surface area (Å²) in [6.45, 7) is 20.6. The number of nitrogens with zero attached hydrogens (tertiary/aromatic N) is 1. The second-order valence-electron chi connectivity index (χ2n) is 12.2. The molecule has 0 fully saturated rings. The molecule has 0 aliphatic rings. The zero-order valence-corrected chi connectivity index (χ0v) is 23.7. The molecule has 32 heavy (non-hydrogen) atoms. The molecule has 1 amide bonds. The first kappa shape index (κ1) is 31.4. The Morgan fingerprint density at radius 2 is 1.53 bits per heavy atom. The van der Waals surface area contributed by atoms with Gasteiger partial charge in [0.2, 0.25) is 5.91 Å². The van der Waals surface area contributed by atoms with Crippen molar-refractivity contribution in [3.8, 4) is 0 Å². The zero-order chi connectivity index (χ0) is 25.4. The molecule has 0 bridgehead atoms. The zero-order valence-electron chi connectivity index (χ0n) is 22.9. The van der Waals surface area contributed by atoms with Gasteiger partial charge in [0.15, 0.2) is 0 Å². The standard InChI is InChI=1S/C25H52N2O4S/c1-13-32(12,29)20-23(4,5)19-30-18-22(2,3)17-26-21(28)16-25(8,9)31-15-14-24(6,7)27(10)11/h12-20H2,1-11H3,(H,26,28). The van der Waals surface area contributed by atoms with Crippen molar-refractivity contribution in [2.24, 2.45) is 10.8 Å². The van der Waals surface area contributed by atoms with Crippen molar-refractivity contribution in [1.29, 1.82) is 0 Å². The van der Waals surface area contributed by atoms with Crippen molar-refractivity contribution < 1.29 is 18.5 Å². The first-order valence-electron chi connectivity index (χ1n) is 11.7. The van der Waals surface area contributed by atoms with E-state index in [1.54, 1.807) is 0 Å². The van der Waals surface area contributed by atoms with Gasteiger partial charge in [-0.15, -0.1) is 0 Å². The van der Waals surface area contributed by atoms with Crippen LogP contribution in [0.2, 0.25) is 0 Å². The average Bonchev–Trinajstić information content (AvgIpc) is 2.58. The molecule has 7 heteroatoms. The first-order valence-corrected chi connectivity index (χ1v) is 13.8. The van der Waals surface area contributed by atoms with E-state index in [-0.39, 0.29) is 22.3 Å². The summed E-state index contributed by atoms with van der Waals surface area (Å²) in [6, 6.07) is 0. The van der Waals surface area contributed by atoms with Gasteiger partial charge < -0.3 is 19.7 Å². The van der Waals surface area contributed by atoms with Crippen LogP contribution < -0.4 is 5.32 Å². The topological polar surface area (TPSA) is 67.9 Å². The van der Waals surface area contributed by atoms with E-state index in [2.05, 4.69) is 71.7 Å². The number of hydrogen-bond donors (Lipinski definition) is 1. The third-order valence-corrected chi connectivity index (χ3v) is 8.29. The summed E-state index contributed by atoms with van der Waals surface area (Å²) in [5, 5.41) is 3.04. The minimum atomic E-state index is -2.05. The van der Waals surface area contributed by atoms with Gasteiger partial charge in [0, 0.05) is 35.6 Å². The van der Waals surface area contributed by atoms with Crippen molar-refractivity contribution in [1.82, 2.24) is 10.2 Å². The summed E-state index contributed by atoms with van der Waals surface area (Å²) < 4.78 is 24.3. The molecule has 0 aromatic carbocycles. The molecule has 0 radical (unpaired) electrons. The summed E-state index contributed by atoms with van der Waals surface area (Å²) in [5.74, 6) is 4.98. The summed E-state index contributed by atoms with van der Waals surface area (Å²) in [5.41, 5.74) is -0.866. The second-order valence-corrected chi connectivity index (χ2v) is 15.0. The van der Waals surface area contributed by atoms with Gasteiger partial charge >= 0.3 is 0 Å². The van der Waals surface area contributed by atoms with Crippen molar-refractivity contribution >= 4 is 21.3 Å². The molecule has 1 atom stereocenters. The minimum Gasteiger partial charge on any atom is -0.380 e. The Labute approximate surface area is 199 Å². The van der Waals surface area contributed by atoms with Gasteiger partial charge in [0.05, 0.1) is 25.2 Å². The molecule has 0 rings (SSSR count). The molecule has 0 heterocycles. The molecule has 192 valence electrons. The Kier molecular flexibility index (Phi) is 11.9. The van der Waals surface area contributed by atoms with Crippen LogP contribution in [0.15, 0.2) is 0 Å². The van der Waals surface area contributed by atoms with E-state index in [1.165, 1.54) is 0 Å². The highest BCUT2D eigenvalue weighted by Gasteiger charge is 2.28. The fraction of sp³-hybridized carbons (Fsp3) is 0.920. The van der Waals surface area contributed by atoms with Crippen LogP contribution in [0, 0.1) is 10.8 Å². The molecule has 1 N–H and O–H groups in total. The summed E-state index contributed by atoms with van der Waals surface area (Å²) in [4.78, 5) is 14.7. The van der Waals surface area contributed by atoms with Gasteiger partial charge in [-0.1, -0.05) is 34.6 Å². The predicted octanol–water partition coefficient (Wildman–Crippen LogP) is 3.82. The van der Waals surface area contributed by atoms with Gasteiger partial charge in [-0.2, -0.15) is 0 Å². The van der Waals surface area contributed by atoms with Crippen LogP contribution in [-0.2, 0) is 23.8 Å². The molecule has 0 aromatic heterocycles. The molecule has 0 spiro atoms. The quantitative estimate of drug-likeness (QED) is 0.343. The highest BCUT2D eigenvalue weighted by atomic mass is 32.2. The van der Waals surface area contributed by atoms with Crippen molar-refractivity contribution in [3.05, 3.63) is 0 Å². The van der Waals surface area contributed by atoms with Crippen molar-refractivity contribution in [2.45, 2.75) is 86.3 Å². The number of amides is 1. The maximum absolute atomic E-state index is 12.5. The van der Waals surface area contributed by atoms with E-state index in [4.69, 9.17) is 9.47 Å². The molecule has 6 nitrogen and oxygen atoms in total. The monoisotopic (exact) mass is 476 g/mol. The van der Waals surface area contributed by atoms with Crippen LogP contribution in [0.3, 0.4) is 0 Å². The van der Waals surface area contributed by atoms with Gasteiger partial charge in [0.1, 0.15) is 0 Å². The molecular weight excluding hydrogens is 424 g/mol. The summed E-state index contributed by atoms with van der Waals surface area (Å²) in [6.07, 6.45) is 1.21. The Hall–Kier alpha value is -0.630. The van der Waals surface area contributed by atoms with Crippen LogP contribution in [0.25, 0.3) is 0 Å². The number of hydrogen-bond acceptors (Lipinski definition) is 5. The molecule has 0 aromatic rings. The Bertz CT molecular complexity index is 680. The predicted molar refractivity (Wildman–Crippen MR) is 139 cm³/mol. The summed E-state index contributed by atoms with van der Waals surface area (Å²) >= 11 is 0. The van der Waals surface area contributed by atoms with Crippen LogP contribution in [0.5, 0.6) is 0 Å². The lowest BCUT2D eigenvalue weighted by molar-refractivity contribution is -0.128. The number of carbonyl (C=O) groups excluding carboxylic acids is 1. The van der Waals surface area contributed by atoms with E-state index in [0.717, 1.165) is 6.42 Å². The lowest BCUT2D eigenvalue weighted by Crippen LogP contribution is -2.42. The van der Waals surface area contributed by atoms with E-state index < -0.39 is 15.1 Å². The first-order chi connectivity index (χ1) is 14.2. The van der Waals surface area contributed by atoms with E-state index in [1.807, 2.05) is 20.8 Å². The van der Waals surface area contributed by atoms with Crippen LogP contribution in [0.1, 0.15) is 75.2 Å². The van der Waals surface area contributed by atoms with Crippen LogP contribution >= 0.6 is 0 Å².